The Morgan fingerprint density at radius 1 is 1.40 bits per heavy atom. The van der Waals surface area contributed by atoms with Crippen molar-refractivity contribution in [1.29, 1.82) is 0 Å². The Bertz CT molecular complexity index is 596. The molecular weight excluding hydrogens is 338 g/mol. The number of aliphatic hydroxyl groups excluding tert-OH is 1. The lowest BCUT2D eigenvalue weighted by Crippen LogP contribution is -2.01. The minimum atomic E-state index is -0.0378. The van der Waals surface area contributed by atoms with Gasteiger partial charge in [-0.2, -0.15) is 0 Å². The maximum atomic E-state index is 9.43. The molecule has 0 fully saturated rings. The summed E-state index contributed by atoms with van der Waals surface area (Å²) in [5.74, 6) is 1.19. The number of halogens is 1. The first-order valence-electron chi connectivity index (χ1n) is 6.48. The molecule has 20 heavy (non-hydrogen) atoms. The largest absolute Gasteiger partial charge is 0.487 e. The van der Waals surface area contributed by atoms with E-state index < -0.39 is 0 Å². The molecule has 0 spiro atoms. The van der Waals surface area contributed by atoms with Crippen molar-refractivity contribution in [2.45, 2.75) is 39.9 Å². The molecule has 0 radical (unpaired) electrons. The van der Waals surface area contributed by atoms with E-state index in [-0.39, 0.29) is 6.61 Å². The Morgan fingerprint density at radius 2 is 2.15 bits per heavy atom. The summed E-state index contributed by atoms with van der Waals surface area (Å²) >= 11 is 5.09. The molecular formula is C15H18BrNO2S. The van der Waals surface area contributed by atoms with E-state index in [1.54, 1.807) is 11.3 Å². The summed E-state index contributed by atoms with van der Waals surface area (Å²) in [6.45, 7) is 6.63. The van der Waals surface area contributed by atoms with Gasteiger partial charge in [0.1, 0.15) is 12.4 Å². The number of hydrogen-bond acceptors (Lipinski definition) is 4. The smallest absolute Gasteiger partial charge is 0.131 e. The van der Waals surface area contributed by atoms with E-state index in [9.17, 15) is 5.11 Å². The Morgan fingerprint density at radius 3 is 2.75 bits per heavy atom. The van der Waals surface area contributed by atoms with Crippen molar-refractivity contribution in [2.75, 3.05) is 0 Å². The van der Waals surface area contributed by atoms with Gasteiger partial charge in [-0.15, -0.1) is 11.3 Å². The molecule has 0 saturated heterocycles. The summed E-state index contributed by atoms with van der Waals surface area (Å²) in [5.41, 5.74) is 2.73. The van der Waals surface area contributed by atoms with Crippen LogP contribution >= 0.6 is 27.3 Å². The van der Waals surface area contributed by atoms with E-state index in [1.807, 2.05) is 24.4 Å². The number of rotatable bonds is 5. The van der Waals surface area contributed by atoms with Crippen molar-refractivity contribution in [3.8, 4) is 5.75 Å². The highest BCUT2D eigenvalue weighted by Gasteiger charge is 2.11. The van der Waals surface area contributed by atoms with Crippen LogP contribution in [0.25, 0.3) is 0 Å². The number of aryl methyl sites for hydroxylation is 1. The maximum absolute atomic E-state index is 9.43. The van der Waals surface area contributed by atoms with Gasteiger partial charge in [0.05, 0.1) is 17.3 Å². The number of aromatic nitrogens is 1. The molecule has 0 unspecified atom stereocenters. The quantitative estimate of drug-likeness (QED) is 0.863. The molecule has 1 heterocycles. The second kappa shape index (κ2) is 6.70. The summed E-state index contributed by atoms with van der Waals surface area (Å²) in [7, 11) is 0. The molecule has 2 rings (SSSR count). The number of hydrogen-bond donors (Lipinski definition) is 1. The Kier molecular flexibility index (Phi) is 5.18. The molecule has 0 amide bonds. The van der Waals surface area contributed by atoms with Gasteiger partial charge in [-0.1, -0.05) is 29.8 Å². The SMILES string of the molecule is Cc1cc(Br)cc(CO)c1OCc1csc(C(C)C)n1. The van der Waals surface area contributed by atoms with Crippen molar-refractivity contribution >= 4 is 27.3 Å². The van der Waals surface area contributed by atoms with Crippen LogP contribution in [0.1, 0.15) is 41.6 Å². The summed E-state index contributed by atoms with van der Waals surface area (Å²) in [6.07, 6.45) is 0. The third-order valence-electron chi connectivity index (χ3n) is 2.91. The lowest BCUT2D eigenvalue weighted by atomic mass is 10.1. The van der Waals surface area contributed by atoms with Crippen molar-refractivity contribution in [1.82, 2.24) is 4.98 Å². The highest BCUT2D eigenvalue weighted by Crippen LogP contribution is 2.29. The van der Waals surface area contributed by atoms with E-state index in [4.69, 9.17) is 4.74 Å². The van der Waals surface area contributed by atoms with Crippen LogP contribution in [0, 0.1) is 6.92 Å². The highest BCUT2D eigenvalue weighted by atomic mass is 79.9. The molecule has 0 aliphatic carbocycles. The van der Waals surface area contributed by atoms with Crippen molar-refractivity contribution in [3.05, 3.63) is 43.8 Å². The van der Waals surface area contributed by atoms with Gasteiger partial charge in [0.25, 0.3) is 0 Å². The minimum Gasteiger partial charge on any atom is -0.487 e. The fraction of sp³-hybridized carbons (Fsp3) is 0.400. The summed E-state index contributed by atoms with van der Waals surface area (Å²) in [5, 5.41) is 12.6. The number of ether oxygens (including phenoxy) is 1. The van der Waals surface area contributed by atoms with E-state index >= 15 is 0 Å². The molecule has 1 aromatic carbocycles. The van der Waals surface area contributed by atoms with Crippen LogP contribution in [-0.4, -0.2) is 10.1 Å². The Balaban J connectivity index is 2.14. The van der Waals surface area contributed by atoms with Crippen molar-refractivity contribution in [3.63, 3.8) is 0 Å². The lowest BCUT2D eigenvalue weighted by Gasteiger charge is -2.13. The zero-order chi connectivity index (χ0) is 14.7. The molecule has 5 heteroatoms. The van der Waals surface area contributed by atoms with E-state index in [1.165, 1.54) is 0 Å². The first-order chi connectivity index (χ1) is 9.51. The van der Waals surface area contributed by atoms with Crippen LogP contribution in [-0.2, 0) is 13.2 Å². The molecule has 0 atom stereocenters. The second-order valence-electron chi connectivity index (χ2n) is 4.99. The Labute approximate surface area is 131 Å². The van der Waals surface area contributed by atoms with Gasteiger partial charge in [-0.3, -0.25) is 0 Å². The molecule has 0 bridgehead atoms. The molecule has 108 valence electrons. The highest BCUT2D eigenvalue weighted by molar-refractivity contribution is 9.10. The standard InChI is InChI=1S/C15H18BrNO2S/c1-9(2)15-17-13(8-20-15)7-19-14-10(3)4-12(16)5-11(14)6-18/h4-5,8-9,18H,6-7H2,1-3H3. The molecule has 0 aliphatic rings. The number of thiazole rings is 1. The number of nitrogens with zero attached hydrogens (tertiary/aromatic N) is 1. The second-order valence-corrected chi connectivity index (χ2v) is 6.79. The zero-order valence-electron chi connectivity index (χ0n) is 11.8. The van der Waals surface area contributed by atoms with Gasteiger partial charge < -0.3 is 9.84 Å². The van der Waals surface area contributed by atoms with Crippen molar-refractivity contribution < 1.29 is 9.84 Å². The summed E-state index contributed by atoms with van der Waals surface area (Å²) in [6, 6.07) is 3.86. The molecule has 1 aromatic heterocycles. The van der Waals surface area contributed by atoms with E-state index in [2.05, 4.69) is 34.8 Å². The molecule has 3 nitrogen and oxygen atoms in total. The first kappa shape index (κ1) is 15.5. The van der Waals surface area contributed by atoms with Gasteiger partial charge in [0.15, 0.2) is 0 Å². The normalized spacial score (nSPS) is 11.1. The first-order valence-corrected chi connectivity index (χ1v) is 8.15. The van der Waals surface area contributed by atoms with Crippen LogP contribution in [0.4, 0.5) is 0 Å². The zero-order valence-corrected chi connectivity index (χ0v) is 14.2. The average molecular weight is 356 g/mol. The van der Waals surface area contributed by atoms with Gasteiger partial charge in [-0.25, -0.2) is 4.98 Å². The Hall–Kier alpha value is -0.910. The molecule has 0 saturated carbocycles. The third kappa shape index (κ3) is 3.59. The van der Waals surface area contributed by atoms with Crippen LogP contribution < -0.4 is 4.74 Å². The monoisotopic (exact) mass is 355 g/mol. The number of benzene rings is 1. The fourth-order valence-electron chi connectivity index (χ4n) is 1.92. The van der Waals surface area contributed by atoms with Crippen molar-refractivity contribution in [2.24, 2.45) is 0 Å². The number of aliphatic hydroxyl groups is 1. The summed E-state index contributed by atoms with van der Waals surface area (Å²) < 4.78 is 6.80. The predicted molar refractivity (Wildman–Crippen MR) is 85.3 cm³/mol. The van der Waals surface area contributed by atoms with Crippen LogP contribution in [0.5, 0.6) is 5.75 Å². The third-order valence-corrected chi connectivity index (χ3v) is 4.57. The molecule has 2 aromatic rings. The van der Waals surface area contributed by atoms with E-state index in [0.29, 0.717) is 12.5 Å². The minimum absolute atomic E-state index is 0.0378. The topological polar surface area (TPSA) is 42.4 Å². The van der Waals surface area contributed by atoms with Crippen LogP contribution in [0.3, 0.4) is 0 Å². The lowest BCUT2D eigenvalue weighted by molar-refractivity contribution is 0.256. The van der Waals surface area contributed by atoms with Gasteiger partial charge in [-0.05, 0) is 24.6 Å². The molecule has 1 N–H and O–H groups in total. The molecule has 0 aliphatic heterocycles. The predicted octanol–water partition coefficient (Wildman–Crippen LogP) is 4.41. The van der Waals surface area contributed by atoms with E-state index in [0.717, 1.165) is 32.1 Å². The van der Waals surface area contributed by atoms with Gasteiger partial charge >= 0.3 is 0 Å². The van der Waals surface area contributed by atoms with Gasteiger partial charge in [0.2, 0.25) is 0 Å². The fourth-order valence-corrected chi connectivity index (χ4v) is 3.36. The van der Waals surface area contributed by atoms with Crippen LogP contribution in [0.15, 0.2) is 22.0 Å². The van der Waals surface area contributed by atoms with Gasteiger partial charge in [0, 0.05) is 21.3 Å². The average Bonchev–Trinajstić information content (AvgIpc) is 2.85. The van der Waals surface area contributed by atoms with Crippen LogP contribution in [0.2, 0.25) is 0 Å². The summed E-state index contributed by atoms with van der Waals surface area (Å²) in [4.78, 5) is 4.55. The maximum Gasteiger partial charge on any atom is 0.131 e.